The summed E-state index contributed by atoms with van der Waals surface area (Å²) in [7, 11) is 1.55. The van der Waals surface area contributed by atoms with E-state index in [1.54, 1.807) is 19.2 Å². The molecule has 0 saturated carbocycles. The third kappa shape index (κ3) is 2.89. The maximum absolute atomic E-state index is 15.3. The largest absolute Gasteiger partial charge is 0.496 e. The van der Waals surface area contributed by atoms with E-state index in [9.17, 15) is 0 Å². The molecular formula is C21H14ClFN2O. The molecule has 1 heterocycles. The van der Waals surface area contributed by atoms with Crippen molar-refractivity contribution in [3.63, 3.8) is 0 Å². The van der Waals surface area contributed by atoms with Crippen LogP contribution >= 0.6 is 11.6 Å². The molecule has 3 nitrogen and oxygen atoms in total. The second kappa shape index (κ2) is 6.73. The standard InChI is InChI=1S/C21H14ClFN2O/c1-26-17-12-15-10-6-5-9-14(15)11-16(17)20-18(23)19(24-21(22)25-20)13-7-3-2-4-8-13/h2-12H,1H3. The summed E-state index contributed by atoms with van der Waals surface area (Å²) in [5, 5.41) is 1.94. The van der Waals surface area contributed by atoms with E-state index in [2.05, 4.69) is 9.97 Å². The van der Waals surface area contributed by atoms with Crippen LogP contribution in [0.5, 0.6) is 5.75 Å². The molecule has 128 valence electrons. The minimum absolute atomic E-state index is 0.0181. The highest BCUT2D eigenvalue weighted by molar-refractivity contribution is 6.28. The fraction of sp³-hybridized carbons (Fsp3) is 0.0476. The Morgan fingerprint density at radius 3 is 2.15 bits per heavy atom. The summed E-state index contributed by atoms with van der Waals surface area (Å²) in [6, 6.07) is 20.6. The number of halogens is 2. The molecule has 0 N–H and O–H groups in total. The number of aromatic nitrogens is 2. The summed E-state index contributed by atoms with van der Waals surface area (Å²) in [5.41, 5.74) is 1.45. The van der Waals surface area contributed by atoms with Crippen LogP contribution in [-0.4, -0.2) is 17.1 Å². The minimum Gasteiger partial charge on any atom is -0.496 e. The topological polar surface area (TPSA) is 35.0 Å². The molecule has 0 aliphatic carbocycles. The molecule has 0 fully saturated rings. The fourth-order valence-electron chi connectivity index (χ4n) is 2.96. The first kappa shape index (κ1) is 16.5. The molecule has 1 aromatic heterocycles. The van der Waals surface area contributed by atoms with Gasteiger partial charge in [-0.15, -0.1) is 0 Å². The Hall–Kier alpha value is -2.98. The molecule has 4 aromatic rings. The monoisotopic (exact) mass is 364 g/mol. The van der Waals surface area contributed by atoms with Crippen molar-refractivity contribution < 1.29 is 9.13 Å². The zero-order valence-corrected chi connectivity index (χ0v) is 14.7. The highest BCUT2D eigenvalue weighted by Crippen LogP contribution is 2.37. The Bertz CT molecular complexity index is 1100. The van der Waals surface area contributed by atoms with Crippen LogP contribution in [0.1, 0.15) is 0 Å². The van der Waals surface area contributed by atoms with Gasteiger partial charge in [0, 0.05) is 11.1 Å². The molecule has 0 spiro atoms. The zero-order valence-electron chi connectivity index (χ0n) is 13.9. The Kier molecular flexibility index (Phi) is 4.27. The molecule has 0 aliphatic rings. The van der Waals surface area contributed by atoms with Crippen molar-refractivity contribution in [2.24, 2.45) is 0 Å². The van der Waals surface area contributed by atoms with E-state index in [-0.39, 0.29) is 16.7 Å². The van der Waals surface area contributed by atoms with Gasteiger partial charge in [0.25, 0.3) is 0 Å². The van der Waals surface area contributed by atoms with Crippen molar-refractivity contribution in [2.45, 2.75) is 0 Å². The summed E-state index contributed by atoms with van der Waals surface area (Å²) in [4.78, 5) is 8.23. The SMILES string of the molecule is COc1cc2ccccc2cc1-c1nc(Cl)nc(-c2ccccc2)c1F. The van der Waals surface area contributed by atoms with Crippen LogP contribution in [0.4, 0.5) is 4.39 Å². The van der Waals surface area contributed by atoms with Gasteiger partial charge >= 0.3 is 0 Å². The van der Waals surface area contributed by atoms with E-state index >= 15 is 4.39 Å². The minimum atomic E-state index is -0.533. The number of ether oxygens (including phenoxy) is 1. The lowest BCUT2D eigenvalue weighted by Crippen LogP contribution is -2.00. The maximum Gasteiger partial charge on any atom is 0.223 e. The molecule has 26 heavy (non-hydrogen) atoms. The summed E-state index contributed by atoms with van der Waals surface area (Å²) in [6.07, 6.45) is 0. The molecule has 0 amide bonds. The average molecular weight is 365 g/mol. The molecule has 0 radical (unpaired) electrons. The van der Waals surface area contributed by atoms with Crippen molar-refractivity contribution in [1.29, 1.82) is 0 Å². The van der Waals surface area contributed by atoms with Gasteiger partial charge in [0.15, 0.2) is 5.82 Å². The van der Waals surface area contributed by atoms with Gasteiger partial charge in [-0.3, -0.25) is 0 Å². The summed E-state index contributed by atoms with van der Waals surface area (Å²) in [6.45, 7) is 0. The summed E-state index contributed by atoms with van der Waals surface area (Å²) >= 11 is 6.11. The Labute approximate surface area is 155 Å². The van der Waals surface area contributed by atoms with E-state index in [4.69, 9.17) is 16.3 Å². The van der Waals surface area contributed by atoms with Gasteiger partial charge in [0.1, 0.15) is 17.1 Å². The van der Waals surface area contributed by atoms with Crippen LogP contribution < -0.4 is 4.74 Å². The number of methoxy groups -OCH3 is 1. The third-order valence-corrected chi connectivity index (χ3v) is 4.36. The van der Waals surface area contributed by atoms with Crippen LogP contribution in [0.15, 0.2) is 66.7 Å². The zero-order chi connectivity index (χ0) is 18.1. The van der Waals surface area contributed by atoms with Gasteiger partial charge in [-0.1, -0.05) is 54.6 Å². The second-order valence-corrected chi connectivity index (χ2v) is 6.11. The normalized spacial score (nSPS) is 10.9. The Morgan fingerprint density at radius 2 is 1.46 bits per heavy atom. The molecule has 4 rings (SSSR count). The number of fused-ring (bicyclic) bond motifs is 1. The lowest BCUT2D eigenvalue weighted by atomic mass is 10.0. The van der Waals surface area contributed by atoms with Crippen LogP contribution in [0.2, 0.25) is 5.28 Å². The number of benzene rings is 3. The van der Waals surface area contributed by atoms with Gasteiger partial charge in [0.05, 0.1) is 7.11 Å². The van der Waals surface area contributed by atoms with Gasteiger partial charge in [-0.05, 0) is 34.5 Å². The van der Waals surface area contributed by atoms with Crippen molar-refractivity contribution in [2.75, 3.05) is 7.11 Å². The summed E-state index contributed by atoms with van der Waals surface area (Å²) < 4.78 is 20.8. The van der Waals surface area contributed by atoms with Crippen LogP contribution in [0, 0.1) is 5.82 Å². The van der Waals surface area contributed by atoms with Crippen molar-refractivity contribution in [1.82, 2.24) is 9.97 Å². The first-order valence-electron chi connectivity index (χ1n) is 8.03. The van der Waals surface area contributed by atoms with Gasteiger partial charge in [0.2, 0.25) is 5.28 Å². The first-order valence-corrected chi connectivity index (χ1v) is 8.41. The summed E-state index contributed by atoms with van der Waals surface area (Å²) in [5.74, 6) is -0.00874. The lowest BCUT2D eigenvalue weighted by Gasteiger charge is -2.13. The lowest BCUT2D eigenvalue weighted by molar-refractivity contribution is 0.416. The van der Waals surface area contributed by atoms with Crippen molar-refractivity contribution >= 4 is 22.4 Å². The first-order chi connectivity index (χ1) is 12.7. The molecule has 0 unspecified atom stereocenters. The van der Waals surface area contributed by atoms with Gasteiger partial charge in [-0.2, -0.15) is 0 Å². The van der Waals surface area contributed by atoms with E-state index in [1.165, 1.54) is 0 Å². The van der Waals surface area contributed by atoms with E-state index < -0.39 is 5.82 Å². The number of rotatable bonds is 3. The smallest absolute Gasteiger partial charge is 0.223 e. The van der Waals surface area contributed by atoms with E-state index in [0.717, 1.165) is 10.8 Å². The van der Waals surface area contributed by atoms with Crippen molar-refractivity contribution in [3.05, 3.63) is 77.8 Å². The van der Waals surface area contributed by atoms with Crippen LogP contribution in [0.25, 0.3) is 33.3 Å². The highest BCUT2D eigenvalue weighted by atomic mass is 35.5. The quantitative estimate of drug-likeness (QED) is 0.433. The number of hydrogen-bond acceptors (Lipinski definition) is 3. The molecule has 3 aromatic carbocycles. The maximum atomic E-state index is 15.3. The number of hydrogen-bond donors (Lipinski definition) is 0. The van der Waals surface area contributed by atoms with Crippen LogP contribution in [0.3, 0.4) is 0 Å². The Balaban J connectivity index is 1.99. The van der Waals surface area contributed by atoms with Gasteiger partial charge in [-0.25, -0.2) is 14.4 Å². The predicted octanol–water partition coefficient (Wildman–Crippen LogP) is 5.76. The van der Waals surface area contributed by atoms with Crippen LogP contribution in [-0.2, 0) is 0 Å². The molecule has 5 heteroatoms. The third-order valence-electron chi connectivity index (χ3n) is 4.19. The fourth-order valence-corrected chi connectivity index (χ4v) is 3.13. The van der Waals surface area contributed by atoms with Gasteiger partial charge < -0.3 is 4.74 Å². The predicted molar refractivity (Wildman–Crippen MR) is 102 cm³/mol. The molecule has 0 atom stereocenters. The van der Waals surface area contributed by atoms with E-state index in [1.807, 2.05) is 54.6 Å². The molecule has 0 saturated heterocycles. The molecular weight excluding hydrogens is 351 g/mol. The number of nitrogens with zero attached hydrogens (tertiary/aromatic N) is 2. The average Bonchev–Trinajstić information content (AvgIpc) is 2.69. The van der Waals surface area contributed by atoms with Crippen molar-refractivity contribution in [3.8, 4) is 28.3 Å². The van der Waals surface area contributed by atoms with E-state index in [0.29, 0.717) is 16.9 Å². The Morgan fingerprint density at radius 1 is 0.846 bits per heavy atom. The molecule has 0 bridgehead atoms. The molecule has 0 aliphatic heterocycles. The highest BCUT2D eigenvalue weighted by Gasteiger charge is 2.20. The second-order valence-electron chi connectivity index (χ2n) is 5.77.